The van der Waals surface area contributed by atoms with Gasteiger partial charge in [-0.25, -0.2) is 0 Å². The van der Waals surface area contributed by atoms with E-state index in [0.29, 0.717) is 47.7 Å². The van der Waals surface area contributed by atoms with E-state index < -0.39 is 5.54 Å². The number of carbonyl (C=O) groups excluding carboxylic acids is 1. The number of nitrogens with one attached hydrogen (secondary N) is 1. The standard InChI is InChI=1S/C26H29N7O5/c1-26(2,15-36-4)28-24(34)16-9-10-17(27-12-16)13-37-25-20-8-6-5-7-19(20)22-29-30-23(33(22)31-25)21-11-18(14-35-3)38-32-21/h5-11,16H,12-15H2,1-4H3,(H,28,34). The van der Waals surface area contributed by atoms with Crippen molar-refractivity contribution in [2.75, 3.05) is 34.0 Å². The highest BCUT2D eigenvalue weighted by Crippen LogP contribution is 2.29. The summed E-state index contributed by atoms with van der Waals surface area (Å²) in [5, 5.41) is 22.0. The summed E-state index contributed by atoms with van der Waals surface area (Å²) in [6, 6.07) is 9.41. The quantitative estimate of drug-likeness (QED) is 0.335. The van der Waals surface area contributed by atoms with Gasteiger partial charge in [0.15, 0.2) is 17.1 Å². The Morgan fingerprint density at radius 2 is 1.97 bits per heavy atom. The van der Waals surface area contributed by atoms with Crippen LogP contribution in [-0.4, -0.2) is 76.1 Å². The van der Waals surface area contributed by atoms with Gasteiger partial charge in [-0.1, -0.05) is 29.4 Å². The summed E-state index contributed by atoms with van der Waals surface area (Å²) in [6.07, 6.45) is 3.66. The van der Waals surface area contributed by atoms with Gasteiger partial charge in [-0.15, -0.1) is 15.3 Å². The van der Waals surface area contributed by atoms with Gasteiger partial charge < -0.3 is 24.1 Å². The average molecular weight is 520 g/mol. The first-order chi connectivity index (χ1) is 18.4. The highest BCUT2D eigenvalue weighted by atomic mass is 16.5. The van der Waals surface area contributed by atoms with Crippen molar-refractivity contribution < 1.29 is 23.5 Å². The molecule has 0 spiro atoms. The minimum atomic E-state index is -0.462. The molecule has 1 amide bonds. The minimum Gasteiger partial charge on any atom is -0.470 e. The highest BCUT2D eigenvalue weighted by Gasteiger charge is 2.26. The first-order valence-corrected chi connectivity index (χ1v) is 12.1. The number of fused-ring (bicyclic) bond motifs is 3. The molecule has 0 fully saturated rings. The Kier molecular flexibility index (Phi) is 7.16. The monoisotopic (exact) mass is 519 g/mol. The van der Waals surface area contributed by atoms with E-state index in [0.717, 1.165) is 10.8 Å². The van der Waals surface area contributed by atoms with Crippen LogP contribution in [0.15, 0.2) is 52.0 Å². The molecule has 198 valence electrons. The second-order valence-corrected chi connectivity index (χ2v) is 9.61. The number of methoxy groups -OCH3 is 2. The predicted octanol–water partition coefficient (Wildman–Crippen LogP) is 2.63. The van der Waals surface area contributed by atoms with E-state index in [2.05, 4.69) is 30.8 Å². The number of aliphatic imine (C=N–C) groups is 1. The first-order valence-electron chi connectivity index (χ1n) is 12.1. The van der Waals surface area contributed by atoms with E-state index in [1.54, 1.807) is 24.8 Å². The molecule has 1 unspecified atom stereocenters. The van der Waals surface area contributed by atoms with E-state index in [-0.39, 0.29) is 25.0 Å². The number of carbonyl (C=O) groups is 1. The molecule has 1 atom stereocenters. The van der Waals surface area contributed by atoms with Gasteiger partial charge in [0.2, 0.25) is 17.6 Å². The van der Waals surface area contributed by atoms with Crippen LogP contribution in [0, 0.1) is 5.92 Å². The molecule has 3 aromatic heterocycles. The van der Waals surface area contributed by atoms with Crippen molar-refractivity contribution in [1.82, 2.24) is 30.3 Å². The summed E-state index contributed by atoms with van der Waals surface area (Å²) in [4.78, 5) is 17.2. The zero-order valence-electron chi connectivity index (χ0n) is 21.7. The fourth-order valence-corrected chi connectivity index (χ4v) is 4.23. The topological polar surface area (TPSA) is 138 Å². The maximum absolute atomic E-state index is 12.6. The van der Waals surface area contributed by atoms with Crippen molar-refractivity contribution >= 4 is 28.0 Å². The van der Waals surface area contributed by atoms with Crippen LogP contribution in [0.2, 0.25) is 0 Å². The molecule has 0 bridgehead atoms. The van der Waals surface area contributed by atoms with Gasteiger partial charge in [-0.2, -0.15) is 4.52 Å². The number of ether oxygens (including phenoxy) is 3. The number of hydrogen-bond donors (Lipinski definition) is 1. The van der Waals surface area contributed by atoms with Crippen molar-refractivity contribution in [2.24, 2.45) is 10.9 Å². The molecule has 0 aliphatic carbocycles. The second kappa shape index (κ2) is 10.7. The Balaban J connectivity index is 1.35. The van der Waals surface area contributed by atoms with Gasteiger partial charge in [-0.05, 0) is 26.0 Å². The summed E-state index contributed by atoms with van der Waals surface area (Å²) in [7, 11) is 3.19. The number of rotatable bonds is 10. The molecular weight excluding hydrogens is 490 g/mol. The minimum absolute atomic E-state index is 0.0909. The zero-order chi connectivity index (χ0) is 26.7. The third-order valence-corrected chi connectivity index (χ3v) is 5.98. The SMILES string of the molecule is COCc1cc(-c2nnc3c4ccccc4c(OCC4=NCC(C(=O)NC(C)(C)COC)C=C4)nn23)no1. The van der Waals surface area contributed by atoms with Crippen molar-refractivity contribution in [3.8, 4) is 17.4 Å². The van der Waals surface area contributed by atoms with Crippen molar-refractivity contribution in [2.45, 2.75) is 26.0 Å². The molecule has 4 aromatic rings. The van der Waals surface area contributed by atoms with Crippen molar-refractivity contribution in [1.29, 1.82) is 0 Å². The first kappa shape index (κ1) is 25.5. The third-order valence-electron chi connectivity index (χ3n) is 5.98. The van der Waals surface area contributed by atoms with E-state index in [1.165, 1.54) is 0 Å². The van der Waals surface area contributed by atoms with Gasteiger partial charge in [0, 0.05) is 31.1 Å². The second-order valence-electron chi connectivity index (χ2n) is 9.61. The molecule has 0 radical (unpaired) electrons. The van der Waals surface area contributed by atoms with E-state index in [4.69, 9.17) is 18.7 Å². The van der Waals surface area contributed by atoms with Gasteiger partial charge in [0.25, 0.3) is 0 Å². The molecule has 5 rings (SSSR count). The van der Waals surface area contributed by atoms with Crippen molar-refractivity contribution in [3.63, 3.8) is 0 Å². The van der Waals surface area contributed by atoms with E-state index in [9.17, 15) is 4.79 Å². The molecular formula is C26H29N7O5. The molecule has 1 aromatic carbocycles. The molecule has 0 saturated carbocycles. The van der Waals surface area contributed by atoms with Crippen molar-refractivity contribution in [3.05, 3.63) is 48.2 Å². The predicted molar refractivity (Wildman–Crippen MR) is 139 cm³/mol. The van der Waals surface area contributed by atoms with Crippen LogP contribution in [0.5, 0.6) is 5.88 Å². The number of hydrogen-bond acceptors (Lipinski definition) is 10. The zero-order valence-corrected chi connectivity index (χ0v) is 21.7. The number of dihydropyridines is 1. The van der Waals surface area contributed by atoms with Crippen LogP contribution >= 0.6 is 0 Å². The smallest absolute Gasteiger partial charge is 0.240 e. The molecule has 1 aliphatic rings. The number of amides is 1. The summed E-state index contributed by atoms with van der Waals surface area (Å²) in [5.41, 5.74) is 1.30. The van der Waals surface area contributed by atoms with E-state index in [1.807, 2.05) is 50.3 Å². The molecule has 0 saturated heterocycles. The summed E-state index contributed by atoms with van der Waals surface area (Å²) < 4.78 is 23.3. The maximum Gasteiger partial charge on any atom is 0.240 e. The van der Waals surface area contributed by atoms with Gasteiger partial charge >= 0.3 is 0 Å². The summed E-state index contributed by atoms with van der Waals surface area (Å²) >= 11 is 0. The Labute approximate surface area is 218 Å². The summed E-state index contributed by atoms with van der Waals surface area (Å²) in [5.74, 6) is 0.934. The number of nitrogens with zero attached hydrogens (tertiary/aromatic N) is 6. The van der Waals surface area contributed by atoms with Crippen LogP contribution in [0.3, 0.4) is 0 Å². The van der Waals surface area contributed by atoms with Gasteiger partial charge in [0.1, 0.15) is 13.2 Å². The Morgan fingerprint density at radius 1 is 1.16 bits per heavy atom. The third kappa shape index (κ3) is 5.27. The summed E-state index contributed by atoms with van der Waals surface area (Å²) in [6.45, 7) is 5.06. The lowest BCUT2D eigenvalue weighted by Gasteiger charge is -2.27. The van der Waals surface area contributed by atoms with Crippen LogP contribution in [-0.2, 0) is 20.9 Å². The number of aromatic nitrogens is 5. The van der Waals surface area contributed by atoms with Crippen LogP contribution in [0.4, 0.5) is 0 Å². The fraction of sp³-hybridized carbons (Fsp3) is 0.385. The highest BCUT2D eigenvalue weighted by molar-refractivity contribution is 5.99. The normalized spacial score (nSPS) is 15.7. The number of benzene rings is 1. The van der Waals surface area contributed by atoms with Gasteiger partial charge in [-0.3, -0.25) is 9.79 Å². The van der Waals surface area contributed by atoms with Crippen LogP contribution < -0.4 is 10.1 Å². The lowest BCUT2D eigenvalue weighted by molar-refractivity contribution is -0.125. The Morgan fingerprint density at radius 3 is 2.71 bits per heavy atom. The fourth-order valence-electron chi connectivity index (χ4n) is 4.23. The largest absolute Gasteiger partial charge is 0.470 e. The Bertz CT molecular complexity index is 1520. The molecule has 1 N–H and O–H groups in total. The average Bonchev–Trinajstić information content (AvgIpc) is 3.54. The Hall–Kier alpha value is -4.16. The maximum atomic E-state index is 12.6. The molecule has 1 aliphatic heterocycles. The molecule has 38 heavy (non-hydrogen) atoms. The lowest BCUT2D eigenvalue weighted by atomic mass is 10.0. The molecule has 12 heteroatoms. The van der Waals surface area contributed by atoms with Crippen LogP contribution in [0.25, 0.3) is 27.9 Å². The lowest BCUT2D eigenvalue weighted by Crippen LogP contribution is -2.49. The molecule has 12 nitrogen and oxygen atoms in total. The molecule has 4 heterocycles. The van der Waals surface area contributed by atoms with E-state index >= 15 is 0 Å². The van der Waals surface area contributed by atoms with Gasteiger partial charge in [0.05, 0.1) is 30.3 Å². The van der Waals surface area contributed by atoms with Crippen LogP contribution in [0.1, 0.15) is 19.6 Å².